The first kappa shape index (κ1) is 14.6. The van der Waals surface area contributed by atoms with Gasteiger partial charge in [-0.25, -0.2) is 0 Å². The van der Waals surface area contributed by atoms with Gasteiger partial charge in [0.25, 0.3) is 0 Å². The molecular formula is C15H13ClO3S. The van der Waals surface area contributed by atoms with Gasteiger partial charge in [-0.3, -0.25) is 4.79 Å². The molecule has 0 aliphatic heterocycles. The Morgan fingerprint density at radius 2 is 2.00 bits per heavy atom. The van der Waals surface area contributed by atoms with E-state index in [0.29, 0.717) is 22.1 Å². The molecular weight excluding hydrogens is 296 g/mol. The lowest BCUT2D eigenvalue weighted by Crippen LogP contribution is -2.00. The Morgan fingerprint density at radius 3 is 2.60 bits per heavy atom. The fraction of sp³-hybridized carbons (Fsp3) is 0.133. The largest absolute Gasteiger partial charge is 0.496 e. The summed E-state index contributed by atoms with van der Waals surface area (Å²) >= 11 is 7.61. The van der Waals surface area contributed by atoms with Crippen LogP contribution in [0.3, 0.4) is 0 Å². The van der Waals surface area contributed by atoms with Gasteiger partial charge >= 0.3 is 0 Å². The van der Waals surface area contributed by atoms with Gasteiger partial charge in [-0.15, -0.1) is 11.3 Å². The quantitative estimate of drug-likeness (QED) is 0.610. The summed E-state index contributed by atoms with van der Waals surface area (Å²) in [6.45, 7) is 0. The molecule has 0 bridgehead atoms. The topological polar surface area (TPSA) is 35.5 Å². The first-order valence-corrected chi connectivity index (χ1v) is 7.09. The summed E-state index contributed by atoms with van der Waals surface area (Å²) in [7, 11) is 3.02. The molecule has 0 aliphatic rings. The molecule has 1 aromatic heterocycles. The van der Waals surface area contributed by atoms with Crippen LogP contribution in [0.2, 0.25) is 5.02 Å². The highest BCUT2D eigenvalue weighted by molar-refractivity contribution is 7.10. The van der Waals surface area contributed by atoms with Gasteiger partial charge in [-0.05, 0) is 29.7 Å². The van der Waals surface area contributed by atoms with Crippen LogP contribution in [0.25, 0.3) is 6.08 Å². The van der Waals surface area contributed by atoms with Crippen molar-refractivity contribution in [2.24, 2.45) is 0 Å². The van der Waals surface area contributed by atoms with Crippen molar-refractivity contribution in [2.45, 2.75) is 0 Å². The third-order valence-electron chi connectivity index (χ3n) is 2.68. The lowest BCUT2D eigenvalue weighted by molar-refractivity contribution is 0.104. The average Bonchev–Trinajstić information content (AvgIpc) is 2.97. The molecule has 20 heavy (non-hydrogen) atoms. The SMILES string of the molecule is COc1cc(OC)c(C(=O)/C=C/c2cccs2)cc1Cl. The fourth-order valence-corrected chi connectivity index (χ4v) is 2.55. The second-order valence-corrected chi connectivity index (χ2v) is 5.29. The van der Waals surface area contributed by atoms with Crippen molar-refractivity contribution < 1.29 is 14.3 Å². The van der Waals surface area contributed by atoms with E-state index in [1.165, 1.54) is 20.3 Å². The predicted molar refractivity (Wildman–Crippen MR) is 82.2 cm³/mol. The Bertz CT molecular complexity index is 633. The van der Waals surface area contributed by atoms with E-state index in [1.807, 2.05) is 17.5 Å². The highest BCUT2D eigenvalue weighted by Crippen LogP contribution is 2.33. The van der Waals surface area contributed by atoms with Crippen LogP contribution in [-0.4, -0.2) is 20.0 Å². The minimum Gasteiger partial charge on any atom is -0.496 e. The lowest BCUT2D eigenvalue weighted by atomic mass is 10.1. The zero-order valence-electron chi connectivity index (χ0n) is 11.1. The number of hydrogen-bond donors (Lipinski definition) is 0. The summed E-state index contributed by atoms with van der Waals surface area (Å²) < 4.78 is 10.3. The lowest BCUT2D eigenvalue weighted by Gasteiger charge is -2.10. The zero-order valence-corrected chi connectivity index (χ0v) is 12.6. The fourth-order valence-electron chi connectivity index (χ4n) is 1.69. The summed E-state index contributed by atoms with van der Waals surface area (Å²) in [6.07, 6.45) is 3.27. The molecule has 104 valence electrons. The molecule has 0 amide bonds. The third-order valence-corrected chi connectivity index (χ3v) is 3.81. The number of halogens is 1. The first-order chi connectivity index (χ1) is 9.65. The molecule has 0 saturated carbocycles. The molecule has 1 heterocycles. The Hall–Kier alpha value is -1.78. The van der Waals surface area contributed by atoms with E-state index in [-0.39, 0.29) is 5.78 Å². The molecule has 0 fully saturated rings. The molecule has 0 aliphatic carbocycles. The van der Waals surface area contributed by atoms with Gasteiger partial charge in [0.2, 0.25) is 0 Å². The number of carbonyl (C=O) groups excluding carboxylic acids is 1. The second kappa shape index (κ2) is 6.59. The van der Waals surface area contributed by atoms with Gasteiger partial charge in [-0.1, -0.05) is 17.7 Å². The number of ether oxygens (including phenoxy) is 2. The molecule has 2 rings (SSSR count). The van der Waals surface area contributed by atoms with E-state index < -0.39 is 0 Å². The van der Waals surface area contributed by atoms with Crippen molar-refractivity contribution in [3.05, 3.63) is 51.2 Å². The highest BCUT2D eigenvalue weighted by Gasteiger charge is 2.14. The molecule has 0 N–H and O–H groups in total. The van der Waals surface area contributed by atoms with Crippen molar-refractivity contribution in [3.63, 3.8) is 0 Å². The van der Waals surface area contributed by atoms with Crippen LogP contribution >= 0.6 is 22.9 Å². The maximum absolute atomic E-state index is 12.2. The monoisotopic (exact) mass is 308 g/mol. The minimum absolute atomic E-state index is 0.167. The summed E-state index contributed by atoms with van der Waals surface area (Å²) in [6, 6.07) is 7.03. The van der Waals surface area contributed by atoms with Gasteiger partial charge in [-0.2, -0.15) is 0 Å². The van der Waals surface area contributed by atoms with Crippen molar-refractivity contribution in [2.75, 3.05) is 14.2 Å². The van der Waals surface area contributed by atoms with E-state index in [2.05, 4.69) is 0 Å². The molecule has 2 aromatic rings. The molecule has 0 radical (unpaired) electrons. The maximum atomic E-state index is 12.2. The standard InChI is InChI=1S/C15H13ClO3S/c1-18-14-9-15(19-2)12(16)8-11(14)13(17)6-5-10-4-3-7-20-10/h3-9H,1-2H3/b6-5+. The van der Waals surface area contributed by atoms with E-state index in [0.717, 1.165) is 4.88 Å². The van der Waals surface area contributed by atoms with Gasteiger partial charge in [0, 0.05) is 10.9 Å². The van der Waals surface area contributed by atoms with Crippen molar-refractivity contribution in [3.8, 4) is 11.5 Å². The van der Waals surface area contributed by atoms with Gasteiger partial charge in [0.1, 0.15) is 11.5 Å². The molecule has 0 spiro atoms. The molecule has 0 atom stereocenters. The van der Waals surface area contributed by atoms with E-state index in [1.54, 1.807) is 29.5 Å². The summed E-state index contributed by atoms with van der Waals surface area (Å²) in [4.78, 5) is 13.2. The van der Waals surface area contributed by atoms with Gasteiger partial charge < -0.3 is 9.47 Å². The first-order valence-electron chi connectivity index (χ1n) is 5.83. The smallest absolute Gasteiger partial charge is 0.189 e. The van der Waals surface area contributed by atoms with Crippen LogP contribution in [0, 0.1) is 0 Å². The number of allylic oxidation sites excluding steroid dienone is 1. The Morgan fingerprint density at radius 1 is 1.25 bits per heavy atom. The zero-order chi connectivity index (χ0) is 14.5. The number of hydrogen-bond acceptors (Lipinski definition) is 4. The number of carbonyl (C=O) groups is 1. The average molecular weight is 309 g/mol. The molecule has 5 heteroatoms. The van der Waals surface area contributed by atoms with E-state index >= 15 is 0 Å². The van der Waals surface area contributed by atoms with Crippen LogP contribution in [0.5, 0.6) is 11.5 Å². The summed E-state index contributed by atoms with van der Waals surface area (Å²) in [5.74, 6) is 0.745. The molecule has 0 saturated heterocycles. The normalized spacial score (nSPS) is 10.8. The van der Waals surface area contributed by atoms with Crippen LogP contribution in [0.15, 0.2) is 35.7 Å². The second-order valence-electron chi connectivity index (χ2n) is 3.90. The Labute approximate surface area is 126 Å². The van der Waals surface area contributed by atoms with Crippen LogP contribution < -0.4 is 9.47 Å². The minimum atomic E-state index is -0.167. The highest BCUT2D eigenvalue weighted by atomic mass is 35.5. The van der Waals surface area contributed by atoms with Crippen molar-refractivity contribution >= 4 is 34.8 Å². The van der Waals surface area contributed by atoms with E-state index in [9.17, 15) is 4.79 Å². The van der Waals surface area contributed by atoms with Crippen molar-refractivity contribution in [1.82, 2.24) is 0 Å². The predicted octanol–water partition coefficient (Wildman–Crippen LogP) is 4.31. The number of rotatable bonds is 5. The van der Waals surface area contributed by atoms with Gasteiger partial charge in [0.15, 0.2) is 5.78 Å². The van der Waals surface area contributed by atoms with Crippen LogP contribution in [-0.2, 0) is 0 Å². The van der Waals surface area contributed by atoms with Gasteiger partial charge in [0.05, 0.1) is 24.8 Å². The Balaban J connectivity index is 2.31. The molecule has 3 nitrogen and oxygen atoms in total. The number of benzene rings is 1. The summed E-state index contributed by atoms with van der Waals surface area (Å²) in [5.41, 5.74) is 0.408. The van der Waals surface area contributed by atoms with Crippen LogP contribution in [0.4, 0.5) is 0 Å². The summed E-state index contributed by atoms with van der Waals surface area (Å²) in [5, 5.41) is 2.33. The molecule has 0 unspecified atom stereocenters. The van der Waals surface area contributed by atoms with E-state index in [4.69, 9.17) is 21.1 Å². The van der Waals surface area contributed by atoms with Crippen LogP contribution in [0.1, 0.15) is 15.2 Å². The maximum Gasteiger partial charge on any atom is 0.189 e. The number of thiophene rings is 1. The molecule has 1 aromatic carbocycles. The Kier molecular flexibility index (Phi) is 4.82. The third kappa shape index (κ3) is 3.21. The number of methoxy groups -OCH3 is 2. The number of ketones is 1. The van der Waals surface area contributed by atoms with Crippen molar-refractivity contribution in [1.29, 1.82) is 0 Å².